The summed E-state index contributed by atoms with van der Waals surface area (Å²) in [6, 6.07) is 41.6. The molecule has 0 saturated carbocycles. The van der Waals surface area contributed by atoms with Gasteiger partial charge in [-0.1, -0.05) is 120 Å². The van der Waals surface area contributed by atoms with Gasteiger partial charge < -0.3 is 5.11 Å². The second-order valence-corrected chi connectivity index (χ2v) is 15.3. The number of phenolic OH excluding ortho intramolecular Hbond substituents is 1. The van der Waals surface area contributed by atoms with Gasteiger partial charge in [0.2, 0.25) is 0 Å². The van der Waals surface area contributed by atoms with Crippen LogP contribution < -0.4 is 0 Å². The summed E-state index contributed by atoms with van der Waals surface area (Å²) in [6.07, 6.45) is 0. The van der Waals surface area contributed by atoms with Crippen LogP contribution in [0.15, 0.2) is 131 Å². The van der Waals surface area contributed by atoms with Crippen molar-refractivity contribution in [3.63, 3.8) is 0 Å². The first-order valence-electron chi connectivity index (χ1n) is 16.1. The first-order chi connectivity index (χ1) is 22.5. The smallest absolute Gasteiger partial charge is 0.146 e. The Morgan fingerprint density at radius 2 is 1.30 bits per heavy atom. The maximum atomic E-state index is 11.1. The highest BCUT2D eigenvalue weighted by Gasteiger charge is 2.27. The minimum Gasteiger partial charge on any atom is -0.506 e. The molecule has 0 bridgehead atoms. The van der Waals surface area contributed by atoms with E-state index in [2.05, 4.69) is 131 Å². The van der Waals surface area contributed by atoms with Gasteiger partial charge in [-0.2, -0.15) is 0 Å². The number of hydrogen-bond donors (Lipinski definition) is 1. The Balaban J connectivity index is 1.56. The number of hydrogen-bond acceptors (Lipinski definition) is 4. The number of phenols is 1. The lowest BCUT2D eigenvalue weighted by molar-refractivity contribution is 0.473. The van der Waals surface area contributed by atoms with E-state index in [1.54, 1.807) is 17.8 Å². The summed E-state index contributed by atoms with van der Waals surface area (Å²) in [4.78, 5) is 11.9. The fraction of sp³-hybridized carbons (Fsp3) is 0.190. The van der Waals surface area contributed by atoms with Crippen molar-refractivity contribution >= 4 is 33.7 Å². The minimum absolute atomic E-state index is 0.0215. The monoisotopic (exact) mass is 633 g/mol. The molecule has 47 heavy (non-hydrogen) atoms. The van der Waals surface area contributed by atoms with Crippen LogP contribution in [0, 0.1) is 0 Å². The lowest BCUT2D eigenvalue weighted by atomic mass is 9.83. The Morgan fingerprint density at radius 3 is 1.98 bits per heavy atom. The molecule has 4 aromatic carbocycles. The molecule has 0 spiro atoms. The third-order valence-electron chi connectivity index (χ3n) is 8.66. The lowest BCUT2D eigenvalue weighted by Gasteiger charge is -2.23. The summed E-state index contributed by atoms with van der Waals surface area (Å²) in [6.45, 7) is 13.4. The number of aromatic hydroxyl groups is 1. The van der Waals surface area contributed by atoms with E-state index in [-0.39, 0.29) is 16.6 Å². The molecule has 7 aromatic rings. The number of rotatable bonds is 5. The number of fused-ring (bicyclic) bond motifs is 3. The topological polar surface area (TPSA) is 50.9 Å². The van der Waals surface area contributed by atoms with Gasteiger partial charge in [0.1, 0.15) is 16.4 Å². The molecule has 1 N–H and O–H groups in total. The molecule has 0 fully saturated rings. The Hall–Kier alpha value is -4.87. The molecular weight excluding hydrogens is 595 g/mol. The highest BCUT2D eigenvalue weighted by atomic mass is 32.2. The third kappa shape index (κ3) is 5.92. The Bertz CT molecular complexity index is 2240. The summed E-state index contributed by atoms with van der Waals surface area (Å²) in [5, 5.41) is 14.2. The molecule has 4 nitrogen and oxygen atoms in total. The van der Waals surface area contributed by atoms with Gasteiger partial charge in [-0.15, -0.1) is 0 Å². The number of nitrogens with zero attached hydrogens (tertiary/aromatic N) is 3. The zero-order chi connectivity index (χ0) is 32.9. The molecule has 3 heterocycles. The van der Waals surface area contributed by atoms with Crippen LogP contribution in [0.5, 0.6) is 5.75 Å². The van der Waals surface area contributed by atoms with Crippen molar-refractivity contribution in [2.24, 2.45) is 0 Å². The van der Waals surface area contributed by atoms with Crippen LogP contribution in [0.4, 0.5) is 0 Å². The van der Waals surface area contributed by atoms with Crippen molar-refractivity contribution in [2.75, 3.05) is 0 Å². The molecule has 3 aromatic heterocycles. The second kappa shape index (κ2) is 11.7. The van der Waals surface area contributed by atoms with Crippen LogP contribution >= 0.6 is 11.8 Å². The SMILES string of the molecule is CC(C)(C)c1ccc2c(c1)c1cc(C(C)(C)C)c(-c3cc(-c4ccccc4)cc(Sc4ccccc4)n3)nc1n2-c1ccccc1O. The van der Waals surface area contributed by atoms with E-state index in [9.17, 15) is 5.11 Å². The number of para-hydroxylation sites is 2. The van der Waals surface area contributed by atoms with Crippen molar-refractivity contribution in [3.05, 3.63) is 132 Å². The Kier molecular flexibility index (Phi) is 7.68. The molecule has 0 radical (unpaired) electrons. The summed E-state index contributed by atoms with van der Waals surface area (Å²) < 4.78 is 2.10. The van der Waals surface area contributed by atoms with Gasteiger partial charge in [-0.3, -0.25) is 4.57 Å². The quantitative estimate of drug-likeness (QED) is 0.205. The van der Waals surface area contributed by atoms with Crippen LogP contribution in [0.1, 0.15) is 52.7 Å². The van der Waals surface area contributed by atoms with Crippen LogP contribution in [0.2, 0.25) is 0 Å². The fourth-order valence-corrected chi connectivity index (χ4v) is 7.01. The molecule has 0 saturated heterocycles. The summed E-state index contributed by atoms with van der Waals surface area (Å²) in [5.74, 6) is 0.209. The fourth-order valence-electron chi connectivity index (χ4n) is 6.15. The van der Waals surface area contributed by atoms with Crippen molar-refractivity contribution in [1.82, 2.24) is 14.5 Å². The summed E-state index contributed by atoms with van der Waals surface area (Å²) in [7, 11) is 0. The lowest BCUT2D eigenvalue weighted by Crippen LogP contribution is -2.14. The molecule has 0 atom stereocenters. The van der Waals surface area contributed by atoms with Gasteiger partial charge in [0.15, 0.2) is 0 Å². The van der Waals surface area contributed by atoms with E-state index in [4.69, 9.17) is 9.97 Å². The van der Waals surface area contributed by atoms with Crippen molar-refractivity contribution in [3.8, 4) is 34.0 Å². The molecule has 0 amide bonds. The Morgan fingerprint density at radius 1 is 0.617 bits per heavy atom. The molecule has 0 aliphatic rings. The average molecular weight is 634 g/mol. The second-order valence-electron chi connectivity index (χ2n) is 14.2. The van der Waals surface area contributed by atoms with Gasteiger partial charge in [-0.05, 0) is 87.7 Å². The van der Waals surface area contributed by atoms with Gasteiger partial charge in [0.05, 0.1) is 22.6 Å². The number of aromatic nitrogens is 3. The molecule has 234 valence electrons. The Labute approximate surface area is 281 Å². The van der Waals surface area contributed by atoms with Crippen molar-refractivity contribution in [1.29, 1.82) is 0 Å². The summed E-state index contributed by atoms with van der Waals surface area (Å²) in [5.41, 5.74) is 8.50. The zero-order valence-corrected chi connectivity index (χ0v) is 28.6. The molecule has 0 unspecified atom stereocenters. The van der Waals surface area contributed by atoms with Crippen molar-refractivity contribution in [2.45, 2.75) is 62.3 Å². The molecule has 0 aliphatic carbocycles. The molecule has 7 rings (SSSR count). The van der Waals surface area contributed by atoms with E-state index in [1.165, 1.54) is 5.56 Å². The van der Waals surface area contributed by atoms with Gasteiger partial charge in [0.25, 0.3) is 0 Å². The maximum Gasteiger partial charge on any atom is 0.146 e. The van der Waals surface area contributed by atoms with Gasteiger partial charge in [-0.25, -0.2) is 9.97 Å². The van der Waals surface area contributed by atoms with Crippen molar-refractivity contribution < 1.29 is 5.11 Å². The number of benzene rings is 4. The van der Waals surface area contributed by atoms with E-state index in [1.807, 2.05) is 30.3 Å². The molecule has 5 heteroatoms. The van der Waals surface area contributed by atoms with E-state index in [0.29, 0.717) is 5.69 Å². The van der Waals surface area contributed by atoms with Crippen LogP contribution in [0.25, 0.3) is 50.1 Å². The van der Waals surface area contributed by atoms with E-state index >= 15 is 0 Å². The average Bonchev–Trinajstić information content (AvgIpc) is 3.37. The standard InChI is InChI=1S/C42H39N3OS/c1-41(2,3)29-21-22-35-31(25-29)32-26-33(42(4,5)6)39(44-40(32)45(35)36-19-13-14-20-37(36)46)34-23-28(27-15-9-7-10-16-27)24-38(43-34)47-30-17-11-8-12-18-30/h7-26,46H,1-6H3. The van der Waals surface area contributed by atoms with Gasteiger partial charge >= 0.3 is 0 Å². The first kappa shape index (κ1) is 30.8. The normalized spacial score (nSPS) is 12.2. The summed E-state index contributed by atoms with van der Waals surface area (Å²) >= 11 is 1.65. The predicted octanol–water partition coefficient (Wildman–Crippen LogP) is 11.4. The molecular formula is C42H39N3OS. The zero-order valence-electron chi connectivity index (χ0n) is 27.7. The largest absolute Gasteiger partial charge is 0.506 e. The number of pyridine rings is 2. The first-order valence-corrected chi connectivity index (χ1v) is 16.9. The predicted molar refractivity (Wildman–Crippen MR) is 197 cm³/mol. The van der Waals surface area contributed by atoms with E-state index < -0.39 is 0 Å². The maximum absolute atomic E-state index is 11.1. The molecule has 0 aliphatic heterocycles. The van der Waals surface area contributed by atoms with Crippen LogP contribution in [0.3, 0.4) is 0 Å². The van der Waals surface area contributed by atoms with Crippen LogP contribution in [-0.4, -0.2) is 19.6 Å². The van der Waals surface area contributed by atoms with Gasteiger partial charge in [0, 0.05) is 15.7 Å². The third-order valence-corrected chi connectivity index (χ3v) is 9.58. The van der Waals surface area contributed by atoms with E-state index in [0.717, 1.165) is 59.9 Å². The highest BCUT2D eigenvalue weighted by molar-refractivity contribution is 7.99. The van der Waals surface area contributed by atoms with Crippen LogP contribution in [-0.2, 0) is 10.8 Å². The minimum atomic E-state index is -0.224. The highest BCUT2D eigenvalue weighted by Crippen LogP contribution is 2.42.